The van der Waals surface area contributed by atoms with Crippen molar-refractivity contribution >= 4 is 17.8 Å². The third kappa shape index (κ3) is 5.26. The number of aryl methyl sites for hydroxylation is 1. The molecule has 1 aliphatic heterocycles. The molecule has 0 aromatic heterocycles. The van der Waals surface area contributed by atoms with Crippen molar-refractivity contribution in [1.29, 1.82) is 0 Å². The number of hydrogen-bond acceptors (Lipinski definition) is 5. The number of ether oxygens (including phenoxy) is 2. The highest BCUT2D eigenvalue weighted by molar-refractivity contribution is 5.98. The molecular formula is C24H27NO5. The van der Waals surface area contributed by atoms with Crippen molar-refractivity contribution in [2.45, 2.75) is 26.7 Å². The summed E-state index contributed by atoms with van der Waals surface area (Å²) in [6.07, 6.45) is 1.13. The lowest BCUT2D eigenvalue weighted by Gasteiger charge is -2.30. The second kappa shape index (κ2) is 10.1. The number of piperidine rings is 1. The maximum absolute atomic E-state index is 12.7. The lowest BCUT2D eigenvalue weighted by atomic mass is 9.97. The molecule has 1 heterocycles. The Morgan fingerprint density at radius 1 is 0.967 bits per heavy atom. The van der Waals surface area contributed by atoms with Gasteiger partial charge >= 0.3 is 11.9 Å². The van der Waals surface area contributed by atoms with E-state index < -0.39 is 5.97 Å². The van der Waals surface area contributed by atoms with E-state index in [2.05, 4.69) is 0 Å². The zero-order valence-corrected chi connectivity index (χ0v) is 17.4. The number of nitrogens with zero attached hydrogens (tertiary/aromatic N) is 1. The summed E-state index contributed by atoms with van der Waals surface area (Å²) in [6.45, 7) is 4.75. The van der Waals surface area contributed by atoms with Gasteiger partial charge in [-0.25, -0.2) is 4.79 Å². The minimum absolute atomic E-state index is 0.169. The molecular weight excluding hydrogens is 382 g/mol. The molecule has 1 fully saturated rings. The summed E-state index contributed by atoms with van der Waals surface area (Å²) in [6, 6.07) is 15.1. The van der Waals surface area contributed by atoms with Gasteiger partial charge in [-0.3, -0.25) is 9.59 Å². The molecule has 6 nitrogen and oxygen atoms in total. The molecule has 1 aliphatic rings. The van der Waals surface area contributed by atoms with E-state index in [1.807, 2.05) is 43.3 Å². The van der Waals surface area contributed by atoms with Crippen LogP contribution in [-0.4, -0.2) is 49.0 Å². The molecule has 1 amide bonds. The molecule has 0 unspecified atom stereocenters. The third-order valence-corrected chi connectivity index (χ3v) is 5.30. The van der Waals surface area contributed by atoms with Crippen LogP contribution in [-0.2, 0) is 19.1 Å². The Hall–Kier alpha value is -3.15. The summed E-state index contributed by atoms with van der Waals surface area (Å²) in [5.74, 6) is -1.15. The SMILES string of the molecule is CCOC(=O)C1CCN(C(=O)COC(=O)c2ccccc2-c2ccc(C)cc2)CC1. The first-order valence-corrected chi connectivity index (χ1v) is 10.3. The molecule has 0 atom stereocenters. The second-order valence-corrected chi connectivity index (χ2v) is 7.39. The van der Waals surface area contributed by atoms with E-state index in [-0.39, 0.29) is 24.4 Å². The van der Waals surface area contributed by atoms with E-state index >= 15 is 0 Å². The quantitative estimate of drug-likeness (QED) is 0.682. The van der Waals surface area contributed by atoms with Gasteiger partial charge in [-0.05, 0) is 43.9 Å². The minimum Gasteiger partial charge on any atom is -0.466 e. The van der Waals surface area contributed by atoms with Crippen LogP contribution in [0.4, 0.5) is 0 Å². The highest BCUT2D eigenvalue weighted by Gasteiger charge is 2.28. The highest BCUT2D eigenvalue weighted by Crippen LogP contribution is 2.25. The fourth-order valence-corrected chi connectivity index (χ4v) is 3.57. The molecule has 0 spiro atoms. The third-order valence-electron chi connectivity index (χ3n) is 5.30. The normalized spacial score (nSPS) is 14.3. The van der Waals surface area contributed by atoms with Crippen LogP contribution in [0.15, 0.2) is 48.5 Å². The van der Waals surface area contributed by atoms with Crippen LogP contribution in [0.25, 0.3) is 11.1 Å². The van der Waals surface area contributed by atoms with E-state index in [1.54, 1.807) is 24.0 Å². The first-order chi connectivity index (χ1) is 14.5. The molecule has 2 aromatic rings. The Labute approximate surface area is 176 Å². The van der Waals surface area contributed by atoms with Crippen LogP contribution < -0.4 is 0 Å². The van der Waals surface area contributed by atoms with Gasteiger partial charge in [-0.1, -0.05) is 48.0 Å². The predicted molar refractivity (Wildman–Crippen MR) is 113 cm³/mol. The number of carbonyl (C=O) groups is 3. The van der Waals surface area contributed by atoms with Crippen molar-refractivity contribution < 1.29 is 23.9 Å². The second-order valence-electron chi connectivity index (χ2n) is 7.39. The van der Waals surface area contributed by atoms with E-state index in [4.69, 9.17) is 9.47 Å². The summed E-state index contributed by atoms with van der Waals surface area (Å²) < 4.78 is 10.4. The van der Waals surface area contributed by atoms with Crippen molar-refractivity contribution in [3.05, 3.63) is 59.7 Å². The number of carbonyl (C=O) groups excluding carboxylic acids is 3. The standard InChI is InChI=1S/C24H27NO5/c1-3-29-23(27)19-12-14-25(15-13-19)22(26)16-30-24(28)21-7-5-4-6-20(21)18-10-8-17(2)9-11-18/h4-11,19H,3,12-16H2,1-2H3. The van der Waals surface area contributed by atoms with Crippen molar-refractivity contribution in [3.63, 3.8) is 0 Å². The van der Waals surface area contributed by atoms with Gasteiger partial charge in [0.05, 0.1) is 18.1 Å². The van der Waals surface area contributed by atoms with Gasteiger partial charge in [-0.15, -0.1) is 0 Å². The van der Waals surface area contributed by atoms with Crippen LogP contribution >= 0.6 is 0 Å². The van der Waals surface area contributed by atoms with Crippen LogP contribution in [0.3, 0.4) is 0 Å². The van der Waals surface area contributed by atoms with Crippen molar-refractivity contribution in [2.75, 3.05) is 26.3 Å². The Morgan fingerprint density at radius 3 is 2.30 bits per heavy atom. The molecule has 0 radical (unpaired) electrons. The largest absolute Gasteiger partial charge is 0.466 e. The highest BCUT2D eigenvalue weighted by atomic mass is 16.5. The Morgan fingerprint density at radius 2 is 1.63 bits per heavy atom. The zero-order valence-electron chi connectivity index (χ0n) is 17.4. The molecule has 30 heavy (non-hydrogen) atoms. The Balaban J connectivity index is 1.57. The summed E-state index contributed by atoms with van der Waals surface area (Å²) in [5.41, 5.74) is 3.25. The summed E-state index contributed by atoms with van der Waals surface area (Å²) >= 11 is 0. The summed E-state index contributed by atoms with van der Waals surface area (Å²) in [4.78, 5) is 38.6. The summed E-state index contributed by atoms with van der Waals surface area (Å²) in [7, 11) is 0. The molecule has 0 aliphatic carbocycles. The number of rotatable bonds is 6. The van der Waals surface area contributed by atoms with Gasteiger partial charge in [0.15, 0.2) is 6.61 Å². The van der Waals surface area contributed by atoms with E-state index in [1.165, 1.54) is 0 Å². The lowest BCUT2D eigenvalue weighted by molar-refractivity contribution is -0.151. The van der Waals surface area contributed by atoms with Crippen molar-refractivity contribution in [2.24, 2.45) is 5.92 Å². The van der Waals surface area contributed by atoms with Crippen LogP contribution in [0.1, 0.15) is 35.7 Å². The van der Waals surface area contributed by atoms with Crippen LogP contribution in [0.2, 0.25) is 0 Å². The first-order valence-electron chi connectivity index (χ1n) is 10.3. The molecule has 0 N–H and O–H groups in total. The molecule has 0 saturated carbocycles. The van der Waals surface area contributed by atoms with Gasteiger partial charge in [-0.2, -0.15) is 0 Å². The number of hydrogen-bond donors (Lipinski definition) is 0. The molecule has 3 rings (SSSR count). The molecule has 2 aromatic carbocycles. The number of likely N-dealkylation sites (tertiary alicyclic amines) is 1. The van der Waals surface area contributed by atoms with E-state index in [0.717, 1.165) is 16.7 Å². The lowest BCUT2D eigenvalue weighted by Crippen LogP contribution is -2.42. The fourth-order valence-electron chi connectivity index (χ4n) is 3.57. The monoisotopic (exact) mass is 409 g/mol. The molecule has 0 bridgehead atoms. The van der Waals surface area contributed by atoms with Crippen molar-refractivity contribution in [1.82, 2.24) is 4.90 Å². The van der Waals surface area contributed by atoms with Gasteiger partial charge in [0.1, 0.15) is 0 Å². The molecule has 6 heteroatoms. The van der Waals surface area contributed by atoms with E-state index in [9.17, 15) is 14.4 Å². The maximum Gasteiger partial charge on any atom is 0.339 e. The number of esters is 2. The van der Waals surface area contributed by atoms with Gasteiger partial charge in [0.25, 0.3) is 5.91 Å². The van der Waals surface area contributed by atoms with E-state index in [0.29, 0.717) is 38.1 Å². The average Bonchev–Trinajstić information content (AvgIpc) is 2.78. The Bertz CT molecular complexity index is 898. The minimum atomic E-state index is -0.527. The maximum atomic E-state index is 12.7. The topological polar surface area (TPSA) is 72.9 Å². The Kier molecular flexibility index (Phi) is 7.22. The van der Waals surface area contributed by atoms with Crippen molar-refractivity contribution in [3.8, 4) is 11.1 Å². The van der Waals surface area contributed by atoms with Crippen LogP contribution in [0.5, 0.6) is 0 Å². The average molecular weight is 409 g/mol. The zero-order chi connectivity index (χ0) is 21.5. The predicted octanol–water partition coefficient (Wildman–Crippen LogP) is 3.62. The summed E-state index contributed by atoms with van der Waals surface area (Å²) in [5, 5.41) is 0. The molecule has 158 valence electrons. The molecule has 1 saturated heterocycles. The first kappa shape index (κ1) is 21.6. The van der Waals surface area contributed by atoms with Gasteiger partial charge in [0, 0.05) is 13.1 Å². The van der Waals surface area contributed by atoms with Gasteiger partial charge in [0.2, 0.25) is 0 Å². The smallest absolute Gasteiger partial charge is 0.339 e. The fraction of sp³-hybridized carbons (Fsp3) is 0.375. The number of benzene rings is 2. The van der Waals surface area contributed by atoms with Crippen LogP contribution in [0, 0.1) is 12.8 Å². The van der Waals surface area contributed by atoms with Gasteiger partial charge < -0.3 is 14.4 Å². The number of amides is 1.